The summed E-state index contributed by atoms with van der Waals surface area (Å²) in [6.45, 7) is 0. The largest absolute Gasteiger partial charge is 0.368 e. The molecule has 0 atom stereocenters. The number of aromatic nitrogens is 4. The van der Waals surface area contributed by atoms with Gasteiger partial charge in [-0.15, -0.1) is 0 Å². The molecule has 2 aromatic heterocycles. The van der Waals surface area contributed by atoms with Gasteiger partial charge in [0.15, 0.2) is 0 Å². The summed E-state index contributed by atoms with van der Waals surface area (Å²) in [5.41, 5.74) is 5.47. The number of hydrogen-bond acceptors (Lipinski definition) is 5. The van der Waals surface area contributed by atoms with Crippen molar-refractivity contribution in [3.63, 3.8) is 0 Å². The van der Waals surface area contributed by atoms with E-state index in [4.69, 9.17) is 17.3 Å². The second-order valence-corrected chi connectivity index (χ2v) is 4.30. The van der Waals surface area contributed by atoms with Crippen molar-refractivity contribution in [2.45, 2.75) is 9.92 Å². The molecule has 7 heteroatoms. The van der Waals surface area contributed by atoms with Crippen molar-refractivity contribution in [3.8, 4) is 0 Å². The van der Waals surface area contributed by atoms with Crippen LogP contribution in [0.4, 0.5) is 5.95 Å². The summed E-state index contributed by atoms with van der Waals surface area (Å²) in [6.07, 6.45) is 5.10. The second-order valence-electron chi connectivity index (χ2n) is 2.83. The molecule has 0 aliphatic carbocycles. The lowest BCUT2D eigenvalue weighted by molar-refractivity contribution is 0.766. The molecular formula is C8H8ClN5S. The summed E-state index contributed by atoms with van der Waals surface area (Å²) >= 11 is 7.33. The average Bonchev–Trinajstić information content (AvgIpc) is 2.58. The van der Waals surface area contributed by atoms with Crippen molar-refractivity contribution < 1.29 is 0 Å². The fourth-order valence-electron chi connectivity index (χ4n) is 0.999. The van der Waals surface area contributed by atoms with E-state index in [2.05, 4.69) is 15.1 Å². The van der Waals surface area contributed by atoms with Crippen LogP contribution in [0.25, 0.3) is 0 Å². The van der Waals surface area contributed by atoms with E-state index >= 15 is 0 Å². The van der Waals surface area contributed by atoms with E-state index in [1.165, 1.54) is 18.0 Å². The van der Waals surface area contributed by atoms with Crippen LogP contribution in [0.3, 0.4) is 0 Å². The number of hydrogen-bond donors (Lipinski definition) is 1. The van der Waals surface area contributed by atoms with Crippen molar-refractivity contribution in [1.29, 1.82) is 0 Å². The van der Waals surface area contributed by atoms with E-state index in [-0.39, 0.29) is 5.95 Å². The molecule has 0 amide bonds. The van der Waals surface area contributed by atoms with Gasteiger partial charge in [0.2, 0.25) is 5.95 Å². The van der Waals surface area contributed by atoms with Crippen LogP contribution >= 0.6 is 23.4 Å². The quantitative estimate of drug-likeness (QED) is 0.809. The number of nitrogens with two attached hydrogens (primary N) is 1. The molecule has 78 valence electrons. The van der Waals surface area contributed by atoms with Gasteiger partial charge in [-0.1, -0.05) is 23.4 Å². The van der Waals surface area contributed by atoms with Gasteiger partial charge in [-0.05, 0) is 0 Å². The fourth-order valence-corrected chi connectivity index (χ4v) is 2.02. The third-order valence-electron chi connectivity index (χ3n) is 1.63. The van der Waals surface area contributed by atoms with Gasteiger partial charge < -0.3 is 5.73 Å². The Labute approximate surface area is 95.7 Å². The van der Waals surface area contributed by atoms with Gasteiger partial charge in [0.05, 0.1) is 22.3 Å². The molecule has 0 saturated heterocycles. The van der Waals surface area contributed by atoms with Crippen molar-refractivity contribution >= 4 is 29.3 Å². The van der Waals surface area contributed by atoms with Gasteiger partial charge in [-0.25, -0.2) is 9.97 Å². The molecule has 2 rings (SSSR count). The standard InChI is InChI=1S/C8H8ClN5S/c1-14-4-5(2-12-14)15-7-6(9)3-11-8(10)13-7/h2-4H,1H3,(H2,10,11,13). The topological polar surface area (TPSA) is 69.6 Å². The average molecular weight is 242 g/mol. The summed E-state index contributed by atoms with van der Waals surface area (Å²) < 4.78 is 1.71. The lowest BCUT2D eigenvalue weighted by Gasteiger charge is -2.00. The van der Waals surface area contributed by atoms with E-state index in [9.17, 15) is 0 Å². The molecule has 0 saturated carbocycles. The zero-order valence-electron chi connectivity index (χ0n) is 7.88. The summed E-state index contributed by atoms with van der Waals surface area (Å²) in [5, 5.41) is 5.16. The van der Waals surface area contributed by atoms with Gasteiger partial charge >= 0.3 is 0 Å². The van der Waals surface area contributed by atoms with Gasteiger partial charge in [-0.2, -0.15) is 5.10 Å². The van der Waals surface area contributed by atoms with E-state index in [1.54, 1.807) is 10.9 Å². The molecule has 0 aromatic carbocycles. The highest BCUT2D eigenvalue weighted by Crippen LogP contribution is 2.30. The number of aryl methyl sites for hydroxylation is 1. The molecule has 2 N–H and O–H groups in total. The highest BCUT2D eigenvalue weighted by Gasteiger charge is 2.07. The minimum absolute atomic E-state index is 0.214. The van der Waals surface area contributed by atoms with Crippen molar-refractivity contribution in [2.24, 2.45) is 7.05 Å². The van der Waals surface area contributed by atoms with Crippen molar-refractivity contribution in [2.75, 3.05) is 5.73 Å². The smallest absolute Gasteiger partial charge is 0.221 e. The molecule has 0 aliphatic heterocycles. The maximum absolute atomic E-state index is 5.92. The Balaban J connectivity index is 2.27. The lowest BCUT2D eigenvalue weighted by atomic mass is 10.7. The Morgan fingerprint density at radius 2 is 2.27 bits per heavy atom. The van der Waals surface area contributed by atoms with Crippen molar-refractivity contribution in [1.82, 2.24) is 19.7 Å². The minimum Gasteiger partial charge on any atom is -0.368 e. The third-order valence-corrected chi connectivity index (χ3v) is 2.97. The molecule has 5 nitrogen and oxygen atoms in total. The first kappa shape index (κ1) is 10.3. The first-order valence-corrected chi connectivity index (χ1v) is 5.29. The maximum atomic E-state index is 5.92. The summed E-state index contributed by atoms with van der Waals surface area (Å²) in [7, 11) is 1.85. The Hall–Kier alpha value is -1.27. The predicted molar refractivity (Wildman–Crippen MR) is 58.8 cm³/mol. The summed E-state index contributed by atoms with van der Waals surface area (Å²) in [6, 6.07) is 0. The van der Waals surface area contributed by atoms with Crippen LogP contribution < -0.4 is 5.73 Å². The number of anilines is 1. The maximum Gasteiger partial charge on any atom is 0.221 e. The van der Waals surface area contributed by atoms with Crippen LogP contribution in [0, 0.1) is 0 Å². The van der Waals surface area contributed by atoms with Gasteiger partial charge in [0, 0.05) is 13.2 Å². The number of nitrogen functional groups attached to an aromatic ring is 1. The normalized spacial score (nSPS) is 10.5. The summed E-state index contributed by atoms with van der Waals surface area (Å²) in [4.78, 5) is 8.78. The SMILES string of the molecule is Cn1cc(Sc2nc(N)ncc2Cl)cn1. The first-order valence-electron chi connectivity index (χ1n) is 4.09. The molecule has 0 spiro atoms. The first-order chi connectivity index (χ1) is 7.15. The van der Waals surface area contributed by atoms with E-state index < -0.39 is 0 Å². The van der Waals surface area contributed by atoms with Crippen LogP contribution in [0.5, 0.6) is 0 Å². The van der Waals surface area contributed by atoms with E-state index in [1.807, 2.05) is 13.2 Å². The molecule has 0 aliphatic rings. The zero-order chi connectivity index (χ0) is 10.8. The van der Waals surface area contributed by atoms with Crippen molar-refractivity contribution in [3.05, 3.63) is 23.6 Å². The third kappa shape index (κ3) is 2.40. The summed E-state index contributed by atoms with van der Waals surface area (Å²) in [5.74, 6) is 0.214. The number of rotatable bonds is 2. The van der Waals surface area contributed by atoms with Crippen LogP contribution in [-0.4, -0.2) is 19.7 Å². The Morgan fingerprint density at radius 3 is 2.93 bits per heavy atom. The monoisotopic (exact) mass is 241 g/mol. The van der Waals surface area contributed by atoms with Crippen LogP contribution in [0.2, 0.25) is 5.02 Å². The highest BCUT2D eigenvalue weighted by molar-refractivity contribution is 7.99. The molecule has 0 unspecified atom stereocenters. The second kappa shape index (κ2) is 4.08. The molecule has 0 bridgehead atoms. The number of nitrogens with zero attached hydrogens (tertiary/aromatic N) is 4. The van der Waals surface area contributed by atoms with Gasteiger partial charge in [-0.3, -0.25) is 4.68 Å². The minimum atomic E-state index is 0.214. The van der Waals surface area contributed by atoms with Crippen LogP contribution in [-0.2, 0) is 7.05 Å². The molecule has 0 radical (unpaired) electrons. The molecule has 2 aromatic rings. The van der Waals surface area contributed by atoms with Crippen LogP contribution in [0.15, 0.2) is 28.5 Å². The van der Waals surface area contributed by atoms with Crippen LogP contribution in [0.1, 0.15) is 0 Å². The number of halogens is 1. The molecule has 2 heterocycles. The molecule has 0 fully saturated rings. The molecule has 15 heavy (non-hydrogen) atoms. The Bertz CT molecular complexity index is 484. The Morgan fingerprint density at radius 1 is 1.47 bits per heavy atom. The molecular weight excluding hydrogens is 234 g/mol. The van der Waals surface area contributed by atoms with Gasteiger partial charge in [0.25, 0.3) is 0 Å². The van der Waals surface area contributed by atoms with E-state index in [0.29, 0.717) is 10.0 Å². The fraction of sp³-hybridized carbons (Fsp3) is 0.125. The van der Waals surface area contributed by atoms with Gasteiger partial charge in [0.1, 0.15) is 5.03 Å². The predicted octanol–water partition coefficient (Wildman–Crippen LogP) is 1.60. The zero-order valence-corrected chi connectivity index (χ0v) is 9.46. The Kier molecular flexibility index (Phi) is 2.79. The lowest BCUT2D eigenvalue weighted by Crippen LogP contribution is -1.95. The van der Waals surface area contributed by atoms with E-state index in [0.717, 1.165) is 4.90 Å². The highest BCUT2D eigenvalue weighted by atomic mass is 35.5.